The Balaban J connectivity index is 2.54. The molecular weight excluding hydrogens is 228 g/mol. The molecule has 1 N–H and O–H groups in total. The van der Waals surface area contributed by atoms with Crippen LogP contribution in [0.5, 0.6) is 0 Å². The van der Waals surface area contributed by atoms with Gasteiger partial charge < -0.3 is 0 Å². The maximum atomic E-state index is 12.1. The van der Waals surface area contributed by atoms with Crippen molar-refractivity contribution in [2.45, 2.75) is 26.7 Å². The minimum atomic E-state index is -4.14. The van der Waals surface area contributed by atoms with Gasteiger partial charge in [-0.05, 0) is 29.7 Å². The van der Waals surface area contributed by atoms with E-state index in [-0.39, 0.29) is 11.7 Å². The molecule has 0 aromatic rings. The van der Waals surface area contributed by atoms with E-state index in [2.05, 4.69) is 6.58 Å². The van der Waals surface area contributed by atoms with Crippen LogP contribution >= 0.6 is 0 Å². The van der Waals surface area contributed by atoms with E-state index >= 15 is 0 Å². The molecular formula is C11H16O4S. The normalized spacial score (nSPS) is 37.1. The molecule has 2 unspecified atom stereocenters. The molecule has 2 aliphatic rings. The summed E-state index contributed by atoms with van der Waals surface area (Å²) >= 11 is 0. The van der Waals surface area contributed by atoms with E-state index < -0.39 is 26.7 Å². The van der Waals surface area contributed by atoms with E-state index in [1.54, 1.807) is 0 Å². The molecule has 2 bridgehead atoms. The van der Waals surface area contributed by atoms with Gasteiger partial charge in [-0.15, -0.1) is 0 Å². The van der Waals surface area contributed by atoms with E-state index in [1.807, 2.05) is 13.8 Å². The molecule has 2 saturated carbocycles. The molecule has 2 rings (SSSR count). The zero-order valence-corrected chi connectivity index (χ0v) is 10.3. The summed E-state index contributed by atoms with van der Waals surface area (Å²) in [6.07, 6.45) is 1.31. The Morgan fingerprint density at radius 1 is 1.50 bits per heavy atom. The summed E-state index contributed by atoms with van der Waals surface area (Å²) in [4.78, 5) is 12.1. The van der Waals surface area contributed by atoms with Gasteiger partial charge in [0.05, 0.1) is 11.2 Å². The summed E-state index contributed by atoms with van der Waals surface area (Å²) in [6, 6.07) is 0. The summed E-state index contributed by atoms with van der Waals surface area (Å²) < 4.78 is 31.2. The third-order valence-electron chi connectivity index (χ3n) is 4.54. The summed E-state index contributed by atoms with van der Waals surface area (Å²) in [7, 11) is -4.14. The first-order valence-electron chi connectivity index (χ1n) is 5.30. The van der Waals surface area contributed by atoms with Crippen LogP contribution in [0, 0.1) is 16.7 Å². The van der Waals surface area contributed by atoms with Gasteiger partial charge in [-0.3, -0.25) is 9.35 Å². The van der Waals surface area contributed by atoms with Crippen molar-refractivity contribution >= 4 is 15.9 Å². The molecule has 0 amide bonds. The Morgan fingerprint density at radius 3 is 2.44 bits per heavy atom. The number of rotatable bonds is 2. The number of carbonyl (C=O) groups is 1. The molecule has 16 heavy (non-hydrogen) atoms. The van der Waals surface area contributed by atoms with Crippen molar-refractivity contribution in [3.05, 3.63) is 12.2 Å². The van der Waals surface area contributed by atoms with Crippen LogP contribution in [0.1, 0.15) is 26.7 Å². The van der Waals surface area contributed by atoms with Gasteiger partial charge in [-0.1, -0.05) is 20.4 Å². The van der Waals surface area contributed by atoms with Crippen molar-refractivity contribution < 1.29 is 17.8 Å². The molecule has 0 spiro atoms. The molecule has 90 valence electrons. The molecule has 0 aromatic carbocycles. The van der Waals surface area contributed by atoms with Gasteiger partial charge in [0.2, 0.25) is 0 Å². The Morgan fingerprint density at radius 2 is 2.06 bits per heavy atom. The van der Waals surface area contributed by atoms with Crippen LogP contribution in [0.3, 0.4) is 0 Å². The van der Waals surface area contributed by atoms with Crippen molar-refractivity contribution in [3.63, 3.8) is 0 Å². The first kappa shape index (κ1) is 11.8. The van der Waals surface area contributed by atoms with Crippen molar-refractivity contribution in [1.82, 2.24) is 0 Å². The van der Waals surface area contributed by atoms with Gasteiger partial charge in [0.25, 0.3) is 10.1 Å². The summed E-state index contributed by atoms with van der Waals surface area (Å²) in [5.41, 5.74) is -0.848. The van der Waals surface area contributed by atoms with Gasteiger partial charge in [0, 0.05) is 0 Å². The Kier molecular flexibility index (Phi) is 2.18. The number of carbonyl (C=O) groups excluding carboxylic acids is 1. The number of Topliss-reactive ketones (excluding diaryl/α,β-unsaturated/α-hetero) is 1. The van der Waals surface area contributed by atoms with Crippen molar-refractivity contribution in [3.8, 4) is 0 Å². The fraction of sp³-hybridized carbons (Fsp3) is 0.727. The van der Waals surface area contributed by atoms with Gasteiger partial charge in [0.1, 0.15) is 0 Å². The molecule has 0 radical (unpaired) electrons. The van der Waals surface area contributed by atoms with Crippen LogP contribution < -0.4 is 0 Å². The molecule has 2 atom stereocenters. The lowest BCUT2D eigenvalue weighted by Gasteiger charge is -2.34. The van der Waals surface area contributed by atoms with E-state index in [4.69, 9.17) is 4.55 Å². The fourth-order valence-corrected chi connectivity index (χ4v) is 4.79. The molecule has 0 saturated heterocycles. The molecule has 2 aliphatic carbocycles. The predicted octanol–water partition coefficient (Wildman–Crippen LogP) is 1.44. The number of allylic oxidation sites excluding steroid dienone is 1. The second-order valence-electron chi connectivity index (χ2n) is 5.48. The van der Waals surface area contributed by atoms with Crippen LogP contribution in [-0.4, -0.2) is 24.5 Å². The van der Waals surface area contributed by atoms with Crippen LogP contribution in [0.25, 0.3) is 0 Å². The second kappa shape index (κ2) is 2.96. The molecule has 2 fully saturated rings. The Bertz CT molecular complexity index is 474. The van der Waals surface area contributed by atoms with E-state index in [9.17, 15) is 13.2 Å². The highest BCUT2D eigenvalue weighted by molar-refractivity contribution is 7.85. The first-order valence-corrected chi connectivity index (χ1v) is 6.91. The third kappa shape index (κ3) is 1.24. The standard InChI is InChI=1S/C11H16O4S/c1-7-8-4-5-11(9(7)12,10(8,2)3)6-16(13,14)15/h8H,1,4-6H2,2-3H3,(H,13,14,15). The third-order valence-corrected chi connectivity index (χ3v) is 5.40. The zero-order valence-electron chi connectivity index (χ0n) is 9.49. The van der Waals surface area contributed by atoms with E-state index in [0.717, 1.165) is 6.42 Å². The monoisotopic (exact) mass is 244 g/mol. The zero-order chi connectivity index (χ0) is 12.4. The van der Waals surface area contributed by atoms with Crippen LogP contribution in [-0.2, 0) is 14.9 Å². The molecule has 5 heteroatoms. The average Bonchev–Trinajstić information content (AvgIpc) is 2.39. The predicted molar refractivity (Wildman–Crippen MR) is 59.5 cm³/mol. The lowest BCUT2D eigenvalue weighted by molar-refractivity contribution is -0.125. The second-order valence-corrected chi connectivity index (χ2v) is 6.93. The first-order chi connectivity index (χ1) is 7.12. The van der Waals surface area contributed by atoms with Gasteiger partial charge in [0.15, 0.2) is 5.78 Å². The molecule has 0 heterocycles. The highest BCUT2D eigenvalue weighted by Crippen LogP contribution is 2.65. The van der Waals surface area contributed by atoms with Crippen molar-refractivity contribution in [1.29, 1.82) is 0 Å². The maximum absolute atomic E-state index is 12.1. The van der Waals surface area contributed by atoms with Gasteiger partial charge in [-0.2, -0.15) is 8.42 Å². The largest absolute Gasteiger partial charge is 0.294 e. The summed E-state index contributed by atoms with van der Waals surface area (Å²) in [5, 5.41) is 0. The van der Waals surface area contributed by atoms with Gasteiger partial charge in [-0.25, -0.2) is 0 Å². The molecule has 4 nitrogen and oxygen atoms in total. The van der Waals surface area contributed by atoms with Crippen molar-refractivity contribution in [2.24, 2.45) is 16.7 Å². The molecule has 0 aliphatic heterocycles. The van der Waals surface area contributed by atoms with E-state index in [0.29, 0.717) is 12.0 Å². The minimum Gasteiger partial charge on any atom is -0.294 e. The van der Waals surface area contributed by atoms with Crippen LogP contribution in [0.4, 0.5) is 0 Å². The Labute approximate surface area is 95.5 Å². The fourth-order valence-electron chi connectivity index (χ4n) is 3.52. The topological polar surface area (TPSA) is 71.4 Å². The SMILES string of the molecule is C=C1C(=O)C2(CS(=O)(=O)O)CCC1C2(C)C. The van der Waals surface area contributed by atoms with Gasteiger partial charge >= 0.3 is 0 Å². The summed E-state index contributed by atoms with van der Waals surface area (Å²) in [6.45, 7) is 7.55. The van der Waals surface area contributed by atoms with E-state index in [1.165, 1.54) is 0 Å². The highest BCUT2D eigenvalue weighted by Gasteiger charge is 2.67. The number of hydrogen-bond acceptors (Lipinski definition) is 3. The average molecular weight is 244 g/mol. The number of hydrogen-bond donors (Lipinski definition) is 1. The summed E-state index contributed by atoms with van der Waals surface area (Å²) in [5.74, 6) is -0.588. The quantitative estimate of drug-likeness (QED) is 0.589. The highest BCUT2D eigenvalue weighted by atomic mass is 32.2. The number of fused-ring (bicyclic) bond motifs is 2. The lowest BCUT2D eigenvalue weighted by atomic mass is 9.70. The maximum Gasteiger partial charge on any atom is 0.265 e. The van der Waals surface area contributed by atoms with Crippen LogP contribution in [0.2, 0.25) is 0 Å². The number of ketones is 1. The minimum absolute atomic E-state index is 0.0572. The Hall–Kier alpha value is -0.680. The van der Waals surface area contributed by atoms with Crippen LogP contribution in [0.15, 0.2) is 12.2 Å². The molecule has 0 aromatic heterocycles. The van der Waals surface area contributed by atoms with Crippen molar-refractivity contribution in [2.75, 3.05) is 5.75 Å². The lowest BCUT2D eigenvalue weighted by Crippen LogP contribution is -2.42. The smallest absolute Gasteiger partial charge is 0.265 e.